The van der Waals surface area contributed by atoms with Gasteiger partial charge < -0.3 is 9.47 Å². The molecule has 0 atom stereocenters. The minimum Gasteiger partial charge on any atom is -0.493 e. The van der Waals surface area contributed by atoms with Crippen molar-refractivity contribution in [3.8, 4) is 11.5 Å². The summed E-state index contributed by atoms with van der Waals surface area (Å²) in [6.45, 7) is 5.30. The first-order valence-corrected chi connectivity index (χ1v) is 9.52. The molecule has 130 valence electrons. The van der Waals surface area contributed by atoms with E-state index in [9.17, 15) is 8.42 Å². The van der Waals surface area contributed by atoms with E-state index < -0.39 is 10.0 Å². The summed E-state index contributed by atoms with van der Waals surface area (Å²) in [5, 5.41) is 0. The molecule has 0 unspecified atom stereocenters. The highest BCUT2D eigenvalue weighted by Crippen LogP contribution is 2.28. The summed E-state index contributed by atoms with van der Waals surface area (Å²) in [5.74, 6) is 1.67. The third-order valence-corrected chi connectivity index (χ3v) is 6.12. The second kappa shape index (κ2) is 7.99. The number of nitrogens with zero attached hydrogens (tertiary/aromatic N) is 2. The van der Waals surface area contributed by atoms with E-state index in [0.29, 0.717) is 31.0 Å². The molecular weight excluding hydrogens is 316 g/mol. The summed E-state index contributed by atoms with van der Waals surface area (Å²) >= 11 is 0. The van der Waals surface area contributed by atoms with Crippen molar-refractivity contribution in [1.29, 1.82) is 0 Å². The Morgan fingerprint density at radius 1 is 1.04 bits per heavy atom. The number of piperazine rings is 1. The highest BCUT2D eigenvalue weighted by atomic mass is 32.2. The first-order valence-electron chi connectivity index (χ1n) is 7.91. The Balaban J connectivity index is 1.94. The second-order valence-corrected chi connectivity index (χ2v) is 7.77. The van der Waals surface area contributed by atoms with Crippen molar-refractivity contribution in [2.45, 2.75) is 19.9 Å². The SMILES string of the molecule is CCCS(=O)(=O)N1CCN(Cc2ccc(OC)c(OC)c2)CC1. The van der Waals surface area contributed by atoms with Crippen LogP contribution in [0, 0.1) is 0 Å². The Morgan fingerprint density at radius 2 is 1.70 bits per heavy atom. The van der Waals surface area contributed by atoms with Crippen LogP contribution in [-0.4, -0.2) is 63.8 Å². The summed E-state index contributed by atoms with van der Waals surface area (Å²) in [6, 6.07) is 5.89. The molecule has 2 rings (SSSR count). The summed E-state index contributed by atoms with van der Waals surface area (Å²) in [4.78, 5) is 2.26. The Morgan fingerprint density at radius 3 is 2.26 bits per heavy atom. The lowest BCUT2D eigenvalue weighted by molar-refractivity contribution is 0.181. The summed E-state index contributed by atoms with van der Waals surface area (Å²) in [6.07, 6.45) is 0.661. The van der Waals surface area contributed by atoms with Crippen molar-refractivity contribution in [3.63, 3.8) is 0 Å². The van der Waals surface area contributed by atoms with Crippen molar-refractivity contribution >= 4 is 10.0 Å². The number of rotatable bonds is 7. The smallest absolute Gasteiger partial charge is 0.214 e. The van der Waals surface area contributed by atoms with Crippen LogP contribution >= 0.6 is 0 Å². The normalized spacial score (nSPS) is 17.2. The maximum Gasteiger partial charge on any atom is 0.214 e. The highest BCUT2D eigenvalue weighted by Gasteiger charge is 2.26. The molecule has 0 saturated carbocycles. The Hall–Kier alpha value is -1.31. The third-order valence-electron chi connectivity index (χ3n) is 4.04. The van der Waals surface area contributed by atoms with Gasteiger partial charge in [-0.05, 0) is 24.1 Å². The van der Waals surface area contributed by atoms with E-state index in [1.807, 2.05) is 25.1 Å². The zero-order valence-electron chi connectivity index (χ0n) is 14.1. The van der Waals surface area contributed by atoms with Crippen LogP contribution in [0.25, 0.3) is 0 Å². The van der Waals surface area contributed by atoms with Gasteiger partial charge in [0.2, 0.25) is 10.0 Å². The molecule has 1 aromatic rings. The van der Waals surface area contributed by atoms with E-state index >= 15 is 0 Å². The molecule has 0 radical (unpaired) electrons. The maximum atomic E-state index is 12.1. The summed E-state index contributed by atoms with van der Waals surface area (Å²) in [5.41, 5.74) is 1.13. The fourth-order valence-corrected chi connectivity index (χ4v) is 4.28. The molecule has 1 heterocycles. The zero-order chi connectivity index (χ0) is 16.9. The van der Waals surface area contributed by atoms with Gasteiger partial charge in [-0.3, -0.25) is 4.90 Å². The van der Waals surface area contributed by atoms with Gasteiger partial charge in [0.15, 0.2) is 11.5 Å². The molecule has 1 saturated heterocycles. The van der Waals surface area contributed by atoms with Crippen LogP contribution in [0.5, 0.6) is 11.5 Å². The summed E-state index contributed by atoms with van der Waals surface area (Å²) in [7, 11) is 0.163. The first kappa shape index (κ1) is 18.0. The number of benzene rings is 1. The molecule has 0 spiro atoms. The van der Waals surface area contributed by atoms with Gasteiger partial charge in [0.1, 0.15) is 0 Å². The number of sulfonamides is 1. The van der Waals surface area contributed by atoms with Gasteiger partial charge in [-0.1, -0.05) is 13.0 Å². The average Bonchev–Trinajstić information content (AvgIpc) is 2.55. The van der Waals surface area contributed by atoms with Gasteiger partial charge >= 0.3 is 0 Å². The zero-order valence-corrected chi connectivity index (χ0v) is 14.9. The largest absolute Gasteiger partial charge is 0.493 e. The average molecular weight is 342 g/mol. The molecule has 0 amide bonds. The van der Waals surface area contributed by atoms with Gasteiger partial charge in [-0.15, -0.1) is 0 Å². The fourth-order valence-electron chi connectivity index (χ4n) is 2.79. The van der Waals surface area contributed by atoms with Gasteiger partial charge in [-0.25, -0.2) is 8.42 Å². The minimum atomic E-state index is -3.08. The van der Waals surface area contributed by atoms with Crippen molar-refractivity contribution in [1.82, 2.24) is 9.21 Å². The van der Waals surface area contributed by atoms with Crippen LogP contribution in [0.15, 0.2) is 18.2 Å². The van der Waals surface area contributed by atoms with Crippen LogP contribution in [0.3, 0.4) is 0 Å². The molecule has 1 aliphatic heterocycles. The number of methoxy groups -OCH3 is 2. The van der Waals surface area contributed by atoms with Crippen LogP contribution < -0.4 is 9.47 Å². The predicted octanol–water partition coefficient (Wildman–Crippen LogP) is 1.56. The van der Waals surface area contributed by atoms with Crippen molar-refractivity contribution in [3.05, 3.63) is 23.8 Å². The van der Waals surface area contributed by atoms with E-state index in [2.05, 4.69) is 4.90 Å². The van der Waals surface area contributed by atoms with E-state index in [-0.39, 0.29) is 5.75 Å². The van der Waals surface area contributed by atoms with Crippen LogP contribution in [0.2, 0.25) is 0 Å². The number of ether oxygens (including phenoxy) is 2. The second-order valence-electron chi connectivity index (χ2n) is 5.68. The lowest BCUT2D eigenvalue weighted by atomic mass is 10.1. The van der Waals surface area contributed by atoms with E-state index in [4.69, 9.17) is 9.47 Å². The molecule has 7 heteroatoms. The lowest BCUT2D eigenvalue weighted by Crippen LogP contribution is -2.48. The fraction of sp³-hybridized carbons (Fsp3) is 0.625. The molecule has 0 aliphatic carbocycles. The molecule has 1 aliphatic rings. The van der Waals surface area contributed by atoms with E-state index in [1.165, 1.54) is 0 Å². The maximum absolute atomic E-state index is 12.1. The minimum absolute atomic E-state index is 0.239. The van der Waals surface area contributed by atoms with E-state index in [0.717, 1.165) is 25.2 Å². The molecule has 0 N–H and O–H groups in total. The van der Waals surface area contributed by atoms with Gasteiger partial charge in [-0.2, -0.15) is 4.31 Å². The number of hydrogen-bond acceptors (Lipinski definition) is 5. The topological polar surface area (TPSA) is 59.1 Å². The molecule has 1 fully saturated rings. The van der Waals surface area contributed by atoms with Crippen molar-refractivity contribution in [2.24, 2.45) is 0 Å². The van der Waals surface area contributed by atoms with Gasteiger partial charge in [0.25, 0.3) is 0 Å². The molecule has 6 nitrogen and oxygen atoms in total. The molecule has 23 heavy (non-hydrogen) atoms. The first-order chi connectivity index (χ1) is 11.0. The standard InChI is InChI=1S/C16H26N2O4S/c1-4-11-23(19,20)18-9-7-17(8-10-18)13-14-5-6-15(21-2)16(12-14)22-3/h5-6,12H,4,7-11,13H2,1-3H3. The number of hydrogen-bond donors (Lipinski definition) is 0. The van der Waals surface area contributed by atoms with Gasteiger partial charge in [0.05, 0.1) is 20.0 Å². The van der Waals surface area contributed by atoms with Crippen molar-refractivity contribution in [2.75, 3.05) is 46.2 Å². The Bertz CT molecular complexity index is 611. The Kier molecular flexibility index (Phi) is 6.26. The monoisotopic (exact) mass is 342 g/mol. The lowest BCUT2D eigenvalue weighted by Gasteiger charge is -2.34. The Labute approximate surface area is 139 Å². The highest BCUT2D eigenvalue weighted by molar-refractivity contribution is 7.89. The van der Waals surface area contributed by atoms with Crippen molar-refractivity contribution < 1.29 is 17.9 Å². The quantitative estimate of drug-likeness (QED) is 0.753. The van der Waals surface area contributed by atoms with Crippen LogP contribution in [-0.2, 0) is 16.6 Å². The van der Waals surface area contributed by atoms with Crippen LogP contribution in [0.4, 0.5) is 0 Å². The summed E-state index contributed by atoms with van der Waals surface area (Å²) < 4.78 is 36.3. The molecular formula is C16H26N2O4S. The molecule has 1 aromatic carbocycles. The van der Waals surface area contributed by atoms with Gasteiger partial charge in [0, 0.05) is 32.7 Å². The van der Waals surface area contributed by atoms with E-state index in [1.54, 1.807) is 18.5 Å². The molecule has 0 bridgehead atoms. The predicted molar refractivity (Wildman–Crippen MR) is 90.5 cm³/mol. The third kappa shape index (κ3) is 4.59. The van der Waals surface area contributed by atoms with Crippen LogP contribution in [0.1, 0.15) is 18.9 Å². The molecule has 0 aromatic heterocycles.